The van der Waals surface area contributed by atoms with Gasteiger partial charge in [-0.05, 0) is 41.3 Å². The molecule has 1 aromatic rings. The molecular weight excluding hydrogens is 192 g/mol. The van der Waals surface area contributed by atoms with Gasteiger partial charge in [-0.25, -0.2) is 4.98 Å². The summed E-state index contributed by atoms with van der Waals surface area (Å²) < 4.78 is 0. The van der Waals surface area contributed by atoms with Gasteiger partial charge in [0.15, 0.2) is 0 Å². The first-order valence-corrected chi connectivity index (χ1v) is 5.85. The number of hydrogen-bond donors (Lipinski definition) is 0. The third-order valence-electron chi connectivity index (χ3n) is 3.07. The molecule has 1 rings (SSSR count). The van der Waals surface area contributed by atoms with Crippen molar-refractivity contribution in [3.05, 3.63) is 15.6 Å². The number of nitrogens with zero attached hydrogens (tertiary/aromatic N) is 2. The summed E-state index contributed by atoms with van der Waals surface area (Å²) >= 11 is 1.82. The van der Waals surface area contributed by atoms with Gasteiger partial charge in [0.05, 0.1) is 16.2 Å². The van der Waals surface area contributed by atoms with Gasteiger partial charge in [-0.15, -0.1) is 11.3 Å². The molecule has 3 heteroatoms. The van der Waals surface area contributed by atoms with Crippen LogP contribution in [0.2, 0.25) is 0 Å². The average molecular weight is 212 g/mol. The largest absolute Gasteiger partial charge is 0.299 e. The second-order valence-electron chi connectivity index (χ2n) is 4.17. The first-order chi connectivity index (χ1) is 6.41. The van der Waals surface area contributed by atoms with E-state index >= 15 is 0 Å². The Balaban J connectivity index is 3.18. The van der Waals surface area contributed by atoms with Gasteiger partial charge in [-0.3, -0.25) is 4.90 Å². The van der Waals surface area contributed by atoms with E-state index in [-0.39, 0.29) is 5.54 Å². The van der Waals surface area contributed by atoms with Crippen molar-refractivity contribution in [1.29, 1.82) is 0 Å². The van der Waals surface area contributed by atoms with Crippen LogP contribution in [0, 0.1) is 13.8 Å². The Morgan fingerprint density at radius 2 is 1.93 bits per heavy atom. The molecule has 14 heavy (non-hydrogen) atoms. The lowest BCUT2D eigenvalue weighted by Gasteiger charge is -2.35. The van der Waals surface area contributed by atoms with Crippen LogP contribution >= 0.6 is 11.3 Å². The quantitative estimate of drug-likeness (QED) is 0.766. The topological polar surface area (TPSA) is 16.1 Å². The van der Waals surface area contributed by atoms with Gasteiger partial charge in [-0.1, -0.05) is 6.92 Å². The molecule has 0 amide bonds. The molecule has 1 atom stereocenters. The molecule has 0 spiro atoms. The van der Waals surface area contributed by atoms with Crippen molar-refractivity contribution in [3.8, 4) is 0 Å². The van der Waals surface area contributed by atoms with Crippen molar-refractivity contribution in [2.45, 2.75) is 39.7 Å². The van der Waals surface area contributed by atoms with Crippen molar-refractivity contribution in [1.82, 2.24) is 9.88 Å². The zero-order valence-corrected chi connectivity index (χ0v) is 10.8. The molecule has 1 unspecified atom stereocenters. The molecule has 0 saturated heterocycles. The first kappa shape index (κ1) is 11.7. The van der Waals surface area contributed by atoms with Crippen LogP contribution in [0.1, 0.15) is 35.8 Å². The summed E-state index contributed by atoms with van der Waals surface area (Å²) in [4.78, 5) is 8.19. The van der Waals surface area contributed by atoms with E-state index in [1.54, 1.807) is 0 Å². The van der Waals surface area contributed by atoms with E-state index in [2.05, 4.69) is 51.7 Å². The maximum atomic E-state index is 4.50. The Labute approximate surface area is 91.0 Å². The van der Waals surface area contributed by atoms with Crippen LogP contribution in [0.3, 0.4) is 0 Å². The highest BCUT2D eigenvalue weighted by Crippen LogP contribution is 2.35. The van der Waals surface area contributed by atoms with Crippen LogP contribution in [-0.4, -0.2) is 24.0 Å². The number of aryl methyl sites for hydroxylation is 2. The van der Waals surface area contributed by atoms with Gasteiger partial charge in [0, 0.05) is 4.88 Å². The third kappa shape index (κ3) is 1.84. The fraction of sp³-hybridized carbons (Fsp3) is 0.727. The van der Waals surface area contributed by atoms with Gasteiger partial charge in [0.1, 0.15) is 0 Å². The molecule has 1 heterocycles. The summed E-state index contributed by atoms with van der Waals surface area (Å²) in [6, 6.07) is 0. The van der Waals surface area contributed by atoms with Gasteiger partial charge < -0.3 is 0 Å². The minimum absolute atomic E-state index is 0.135. The Bertz CT molecular complexity index is 317. The summed E-state index contributed by atoms with van der Waals surface area (Å²) in [5, 5.41) is 1.17. The zero-order chi connectivity index (χ0) is 10.9. The van der Waals surface area contributed by atoms with E-state index in [0.29, 0.717) is 0 Å². The SMILES string of the molecule is CCC(C)(c1sc(C)nc1C)N(C)C. The first-order valence-electron chi connectivity index (χ1n) is 5.03. The molecule has 0 radical (unpaired) electrons. The molecule has 0 aliphatic carbocycles. The summed E-state index contributed by atoms with van der Waals surface area (Å²) in [7, 11) is 4.27. The lowest BCUT2D eigenvalue weighted by atomic mass is 9.94. The smallest absolute Gasteiger partial charge is 0.0900 e. The van der Waals surface area contributed by atoms with Crippen LogP contribution in [0.5, 0.6) is 0 Å². The normalized spacial score (nSPS) is 15.9. The zero-order valence-electron chi connectivity index (χ0n) is 10.0. The van der Waals surface area contributed by atoms with E-state index in [0.717, 1.165) is 6.42 Å². The lowest BCUT2D eigenvalue weighted by Crippen LogP contribution is -2.37. The molecule has 1 aromatic heterocycles. The van der Waals surface area contributed by atoms with Gasteiger partial charge in [-0.2, -0.15) is 0 Å². The van der Waals surface area contributed by atoms with Crippen LogP contribution in [-0.2, 0) is 5.54 Å². The van der Waals surface area contributed by atoms with Crippen LogP contribution in [0.25, 0.3) is 0 Å². The Morgan fingerprint density at radius 3 is 2.21 bits per heavy atom. The van der Waals surface area contributed by atoms with Crippen molar-refractivity contribution in [3.63, 3.8) is 0 Å². The lowest BCUT2D eigenvalue weighted by molar-refractivity contribution is 0.171. The predicted octanol–water partition coefficient (Wildman–Crippen LogP) is 2.95. The van der Waals surface area contributed by atoms with Crippen molar-refractivity contribution >= 4 is 11.3 Å². The summed E-state index contributed by atoms with van der Waals surface area (Å²) in [6.45, 7) is 8.70. The second kappa shape index (κ2) is 3.99. The summed E-state index contributed by atoms with van der Waals surface area (Å²) in [5.41, 5.74) is 1.32. The number of rotatable bonds is 3. The Hall–Kier alpha value is -0.410. The highest BCUT2D eigenvalue weighted by molar-refractivity contribution is 7.11. The van der Waals surface area contributed by atoms with E-state index in [4.69, 9.17) is 0 Å². The maximum Gasteiger partial charge on any atom is 0.0900 e. The minimum Gasteiger partial charge on any atom is -0.299 e. The highest BCUT2D eigenvalue weighted by atomic mass is 32.1. The monoisotopic (exact) mass is 212 g/mol. The number of thiazole rings is 1. The second-order valence-corrected chi connectivity index (χ2v) is 5.37. The van der Waals surface area contributed by atoms with E-state index in [9.17, 15) is 0 Å². The standard InChI is InChI=1S/C11H20N2S/c1-7-11(4,13(5)6)10-8(2)12-9(3)14-10/h7H2,1-6H3. The summed E-state index contributed by atoms with van der Waals surface area (Å²) in [6.07, 6.45) is 1.11. The van der Waals surface area contributed by atoms with Gasteiger partial charge in [0.25, 0.3) is 0 Å². The third-order valence-corrected chi connectivity index (χ3v) is 4.39. The number of hydrogen-bond acceptors (Lipinski definition) is 3. The predicted molar refractivity (Wildman–Crippen MR) is 62.9 cm³/mol. The fourth-order valence-corrected chi connectivity index (χ4v) is 2.93. The van der Waals surface area contributed by atoms with E-state index in [1.165, 1.54) is 15.6 Å². The molecule has 2 nitrogen and oxygen atoms in total. The average Bonchev–Trinajstić information content (AvgIpc) is 2.44. The molecule has 0 bridgehead atoms. The van der Waals surface area contributed by atoms with Crippen molar-refractivity contribution in [2.75, 3.05) is 14.1 Å². The molecule has 0 aromatic carbocycles. The van der Waals surface area contributed by atoms with E-state index in [1.807, 2.05) is 11.3 Å². The van der Waals surface area contributed by atoms with E-state index < -0.39 is 0 Å². The highest BCUT2D eigenvalue weighted by Gasteiger charge is 2.30. The molecular formula is C11H20N2S. The fourth-order valence-electron chi connectivity index (χ4n) is 1.71. The molecule has 0 N–H and O–H groups in total. The molecule has 0 aliphatic heterocycles. The van der Waals surface area contributed by atoms with Crippen LogP contribution in [0.15, 0.2) is 0 Å². The van der Waals surface area contributed by atoms with Gasteiger partial charge >= 0.3 is 0 Å². The van der Waals surface area contributed by atoms with Crippen molar-refractivity contribution < 1.29 is 0 Å². The summed E-state index contributed by atoms with van der Waals surface area (Å²) in [5.74, 6) is 0. The molecule has 0 fully saturated rings. The Kier molecular flexibility index (Phi) is 3.32. The molecule has 0 aliphatic rings. The van der Waals surface area contributed by atoms with Crippen molar-refractivity contribution in [2.24, 2.45) is 0 Å². The minimum atomic E-state index is 0.135. The number of aromatic nitrogens is 1. The molecule has 80 valence electrons. The van der Waals surface area contributed by atoms with Gasteiger partial charge in [0.2, 0.25) is 0 Å². The van der Waals surface area contributed by atoms with Crippen LogP contribution in [0.4, 0.5) is 0 Å². The maximum absolute atomic E-state index is 4.50. The molecule has 0 saturated carbocycles. The van der Waals surface area contributed by atoms with Crippen LogP contribution < -0.4 is 0 Å². The Morgan fingerprint density at radius 1 is 1.36 bits per heavy atom.